The van der Waals surface area contributed by atoms with Gasteiger partial charge in [0.25, 0.3) is 0 Å². The third-order valence-electron chi connectivity index (χ3n) is 5.27. The molecule has 1 amide bonds. The number of benzene rings is 2. The van der Waals surface area contributed by atoms with Crippen LogP contribution >= 0.6 is 11.6 Å². The predicted octanol–water partition coefficient (Wildman–Crippen LogP) is 5.43. The number of aliphatic carboxylic acids is 1. The first-order chi connectivity index (χ1) is 16.9. The maximum Gasteiger partial charge on any atom is 0.438 e. The molecule has 0 fully saturated rings. The minimum Gasteiger partial charge on any atom is -0.481 e. The number of halogens is 1. The van der Waals surface area contributed by atoms with Crippen LogP contribution in [0.2, 0.25) is 5.02 Å². The first-order valence-corrected chi connectivity index (χ1v) is 11.5. The Bertz CT molecular complexity index is 1130. The molecule has 35 heavy (non-hydrogen) atoms. The van der Waals surface area contributed by atoms with Gasteiger partial charge in [-0.1, -0.05) is 30.2 Å². The zero-order chi connectivity index (χ0) is 25.2. The Hall–Kier alpha value is -3.56. The second-order valence-electron chi connectivity index (χ2n) is 7.73. The number of aryl methyl sites for hydroxylation is 1. The van der Waals surface area contributed by atoms with E-state index < -0.39 is 12.1 Å². The number of aromatic nitrogens is 2. The van der Waals surface area contributed by atoms with Gasteiger partial charge >= 0.3 is 12.1 Å². The molecule has 3 aromatic rings. The van der Waals surface area contributed by atoms with Crippen LogP contribution in [0.1, 0.15) is 36.8 Å². The molecule has 1 N–H and O–H groups in total. The van der Waals surface area contributed by atoms with E-state index >= 15 is 0 Å². The summed E-state index contributed by atoms with van der Waals surface area (Å²) in [6.45, 7) is 0.136. The van der Waals surface area contributed by atoms with E-state index in [0.717, 1.165) is 35.6 Å². The summed E-state index contributed by atoms with van der Waals surface area (Å²) in [6.07, 6.45) is 4.36. The summed E-state index contributed by atoms with van der Waals surface area (Å²) in [5.41, 5.74) is 3.08. The van der Waals surface area contributed by atoms with Crippen LogP contribution in [0.3, 0.4) is 0 Å². The summed E-state index contributed by atoms with van der Waals surface area (Å²) in [7, 11) is 2.66. The predicted molar refractivity (Wildman–Crippen MR) is 131 cm³/mol. The second kappa shape index (κ2) is 12.8. The quantitative estimate of drug-likeness (QED) is 0.261. The topological polar surface area (TPSA) is 103 Å². The van der Waals surface area contributed by atoms with E-state index in [0.29, 0.717) is 28.6 Å². The van der Waals surface area contributed by atoms with Gasteiger partial charge in [0.05, 0.1) is 25.6 Å². The fraction of sp³-hybridized carbons (Fsp3) is 0.320. The number of amides is 1. The number of unbranched alkanes of at least 4 members (excludes halogenated alkanes) is 2. The molecule has 3 rings (SSSR count). The maximum absolute atomic E-state index is 12.2. The molecule has 9 nitrogen and oxygen atoms in total. The zero-order valence-corrected chi connectivity index (χ0v) is 20.4. The van der Waals surface area contributed by atoms with Crippen molar-refractivity contribution in [2.45, 2.75) is 38.7 Å². The van der Waals surface area contributed by atoms with Gasteiger partial charge in [0, 0.05) is 29.3 Å². The number of carbonyl (C=O) groups is 2. The molecule has 0 bridgehead atoms. The van der Waals surface area contributed by atoms with Crippen LogP contribution < -0.4 is 9.80 Å². The van der Waals surface area contributed by atoms with E-state index in [9.17, 15) is 9.59 Å². The lowest BCUT2D eigenvalue weighted by atomic mass is 10.0. The minimum absolute atomic E-state index is 0.136. The number of carboxylic acid groups (broad SMARTS) is 1. The lowest BCUT2D eigenvalue weighted by Crippen LogP contribution is -2.30. The number of carbonyl (C=O) groups excluding carboxylic acids is 1. The average Bonchev–Trinajstić information content (AvgIpc) is 3.33. The highest BCUT2D eigenvalue weighted by molar-refractivity contribution is 6.30. The third-order valence-corrected chi connectivity index (χ3v) is 5.53. The number of hydroxylamine groups is 1. The lowest BCUT2D eigenvalue weighted by Gasteiger charge is -2.21. The minimum atomic E-state index is -0.783. The molecule has 1 aromatic heterocycles. The molecule has 0 saturated carbocycles. The van der Waals surface area contributed by atoms with Gasteiger partial charge in [-0.15, -0.1) is 5.10 Å². The SMILES string of the molecule is COC(=O)N(OC)c1ccc(CCCCCC(=O)O)cc1COc1ccn(-c2ccc(Cl)cc2)n1. The summed E-state index contributed by atoms with van der Waals surface area (Å²) in [4.78, 5) is 28.1. The molecule has 186 valence electrons. The fourth-order valence-electron chi connectivity index (χ4n) is 3.52. The zero-order valence-electron chi connectivity index (χ0n) is 19.6. The van der Waals surface area contributed by atoms with Crippen molar-refractivity contribution in [3.8, 4) is 11.6 Å². The van der Waals surface area contributed by atoms with Gasteiger partial charge in [0.1, 0.15) is 6.61 Å². The Labute approximate surface area is 208 Å². The number of nitrogens with zero attached hydrogens (tertiary/aromatic N) is 3. The Morgan fingerprint density at radius 3 is 2.51 bits per heavy atom. The third kappa shape index (κ3) is 7.46. The van der Waals surface area contributed by atoms with Crippen LogP contribution in [-0.4, -0.2) is 41.2 Å². The smallest absolute Gasteiger partial charge is 0.438 e. The van der Waals surface area contributed by atoms with Gasteiger partial charge in [-0.3, -0.25) is 9.63 Å². The summed E-state index contributed by atoms with van der Waals surface area (Å²) < 4.78 is 12.4. The first-order valence-electron chi connectivity index (χ1n) is 11.1. The van der Waals surface area contributed by atoms with Crippen LogP contribution in [0.4, 0.5) is 10.5 Å². The summed E-state index contributed by atoms with van der Waals surface area (Å²) in [5.74, 6) is -0.373. The maximum atomic E-state index is 12.2. The van der Waals surface area contributed by atoms with E-state index in [1.165, 1.54) is 14.2 Å². The molecule has 0 atom stereocenters. The second-order valence-corrected chi connectivity index (χ2v) is 8.16. The van der Waals surface area contributed by atoms with Crippen molar-refractivity contribution in [3.63, 3.8) is 0 Å². The van der Waals surface area contributed by atoms with Crippen molar-refractivity contribution in [1.82, 2.24) is 9.78 Å². The molecule has 0 aliphatic heterocycles. The largest absolute Gasteiger partial charge is 0.481 e. The summed E-state index contributed by atoms with van der Waals surface area (Å²) in [5, 5.41) is 14.9. The van der Waals surface area contributed by atoms with Crippen LogP contribution in [0.15, 0.2) is 54.7 Å². The Kier molecular flexibility index (Phi) is 9.51. The molecule has 0 saturated heterocycles. The van der Waals surface area contributed by atoms with Crippen molar-refractivity contribution in [2.75, 3.05) is 19.3 Å². The molecular formula is C25H28ClN3O6. The number of methoxy groups -OCH3 is 1. The van der Waals surface area contributed by atoms with Crippen LogP contribution in [-0.2, 0) is 27.4 Å². The van der Waals surface area contributed by atoms with Gasteiger partial charge in [-0.25, -0.2) is 9.48 Å². The van der Waals surface area contributed by atoms with Crippen molar-refractivity contribution in [2.24, 2.45) is 0 Å². The first kappa shape index (κ1) is 26.1. The highest BCUT2D eigenvalue weighted by atomic mass is 35.5. The van der Waals surface area contributed by atoms with Gasteiger partial charge in [0.15, 0.2) is 0 Å². The molecule has 1 heterocycles. The van der Waals surface area contributed by atoms with Crippen molar-refractivity contribution in [1.29, 1.82) is 0 Å². The fourth-order valence-corrected chi connectivity index (χ4v) is 3.64. The van der Waals surface area contributed by atoms with Crippen molar-refractivity contribution in [3.05, 3.63) is 70.9 Å². The number of ether oxygens (including phenoxy) is 2. The van der Waals surface area contributed by atoms with Crippen molar-refractivity contribution < 1.29 is 29.0 Å². The van der Waals surface area contributed by atoms with Gasteiger partial charge in [-0.2, -0.15) is 5.06 Å². The van der Waals surface area contributed by atoms with E-state index in [-0.39, 0.29) is 13.0 Å². The number of hydrogen-bond acceptors (Lipinski definition) is 6. The number of carboxylic acids is 1. The molecule has 0 aliphatic carbocycles. The molecule has 0 radical (unpaired) electrons. The Morgan fingerprint density at radius 1 is 1.06 bits per heavy atom. The van der Waals surface area contributed by atoms with Gasteiger partial charge in [-0.05, 0) is 55.2 Å². The summed E-state index contributed by atoms with van der Waals surface area (Å²) in [6, 6.07) is 14.6. The molecule has 2 aromatic carbocycles. The molecular weight excluding hydrogens is 474 g/mol. The Balaban J connectivity index is 1.74. The molecule has 10 heteroatoms. The highest BCUT2D eigenvalue weighted by Crippen LogP contribution is 2.26. The molecule has 0 spiro atoms. The van der Waals surface area contributed by atoms with E-state index in [4.69, 9.17) is 31.0 Å². The van der Waals surface area contributed by atoms with Crippen molar-refractivity contribution >= 4 is 29.4 Å². The monoisotopic (exact) mass is 501 g/mol. The lowest BCUT2D eigenvalue weighted by molar-refractivity contribution is -0.137. The number of anilines is 1. The van der Waals surface area contributed by atoms with Crippen LogP contribution in [0.5, 0.6) is 5.88 Å². The van der Waals surface area contributed by atoms with Crippen LogP contribution in [0.25, 0.3) is 5.69 Å². The molecule has 0 unspecified atom stereocenters. The summed E-state index contributed by atoms with van der Waals surface area (Å²) >= 11 is 5.95. The van der Waals surface area contributed by atoms with E-state index in [1.54, 1.807) is 35.1 Å². The van der Waals surface area contributed by atoms with Gasteiger partial charge < -0.3 is 14.6 Å². The van der Waals surface area contributed by atoms with Crippen LogP contribution in [0, 0.1) is 0 Å². The normalized spacial score (nSPS) is 10.7. The highest BCUT2D eigenvalue weighted by Gasteiger charge is 2.20. The average molecular weight is 502 g/mol. The number of hydrogen-bond donors (Lipinski definition) is 1. The standard InChI is InChI=1S/C25H28ClN3O6/c1-33-25(32)29(34-2)22-13-8-18(6-4-3-5-7-24(30)31)16-19(22)17-35-23-14-15-28(27-23)21-11-9-20(26)10-12-21/h8-16H,3-7,17H2,1-2H3,(H,30,31). The van der Waals surface area contributed by atoms with E-state index in [1.807, 2.05) is 24.3 Å². The van der Waals surface area contributed by atoms with Gasteiger partial charge in [0.2, 0.25) is 5.88 Å². The molecule has 0 aliphatic rings. The Morgan fingerprint density at radius 2 is 1.83 bits per heavy atom. The number of rotatable bonds is 12. The van der Waals surface area contributed by atoms with E-state index in [2.05, 4.69) is 5.10 Å².